The number of piperidine rings is 1. The van der Waals surface area contributed by atoms with E-state index in [9.17, 15) is 4.79 Å². The first kappa shape index (κ1) is 20.4. The third kappa shape index (κ3) is 3.69. The van der Waals surface area contributed by atoms with Crippen molar-refractivity contribution in [3.8, 4) is 0 Å². The van der Waals surface area contributed by atoms with E-state index in [1.54, 1.807) is 0 Å². The zero-order chi connectivity index (χ0) is 21.5. The smallest absolute Gasteiger partial charge is 0.258 e. The van der Waals surface area contributed by atoms with Gasteiger partial charge in [0.15, 0.2) is 6.04 Å². The molecule has 1 saturated heterocycles. The number of aromatic amines is 1. The number of nitrogens with one attached hydrogen (secondary N) is 2. The minimum atomic E-state index is -0.153. The summed E-state index contributed by atoms with van der Waals surface area (Å²) >= 11 is 0. The van der Waals surface area contributed by atoms with Gasteiger partial charge in [-0.15, -0.1) is 5.10 Å². The lowest BCUT2D eigenvalue weighted by Gasteiger charge is -2.36. The molecule has 164 valence electrons. The molecule has 2 N–H and O–H groups in total. The fraction of sp³-hybridized carbons (Fsp3) is 0.583. The highest BCUT2D eigenvalue weighted by atomic mass is 16.1. The third-order valence-electron chi connectivity index (χ3n) is 7.46. The second kappa shape index (κ2) is 8.19. The molecule has 2 aromatic heterocycles. The van der Waals surface area contributed by atoms with E-state index in [4.69, 9.17) is 0 Å². The van der Waals surface area contributed by atoms with Crippen LogP contribution in [0.2, 0.25) is 0 Å². The standard InChI is InChI=1S/C24H32N6O/c1-15-12-16(2)19-14-20(24(31)25-21(19)13-15)22(29-11-7-6-8-17(29)3)23-26-27-28-30(23)18-9-4-5-10-18/h12-14,17-18,22H,4-11H2,1-3H3,(H,25,31)/p+1/t17-,22+/m1/s1. The Labute approximate surface area is 182 Å². The van der Waals surface area contributed by atoms with Crippen molar-refractivity contribution in [2.45, 2.75) is 83.8 Å². The number of hydrogen-bond donors (Lipinski definition) is 2. The molecule has 0 bridgehead atoms. The van der Waals surface area contributed by atoms with Gasteiger partial charge in [0.05, 0.1) is 24.2 Å². The van der Waals surface area contributed by atoms with Crippen LogP contribution in [0, 0.1) is 13.8 Å². The summed E-state index contributed by atoms with van der Waals surface area (Å²) in [4.78, 5) is 18.0. The van der Waals surface area contributed by atoms with Crippen molar-refractivity contribution in [3.05, 3.63) is 51.1 Å². The molecule has 0 amide bonds. The van der Waals surface area contributed by atoms with Gasteiger partial charge in [0, 0.05) is 10.9 Å². The number of fused-ring (bicyclic) bond motifs is 1. The number of rotatable bonds is 4. The first-order valence-corrected chi connectivity index (χ1v) is 11.8. The molecular weight excluding hydrogens is 388 g/mol. The van der Waals surface area contributed by atoms with Crippen LogP contribution in [0.5, 0.6) is 0 Å². The van der Waals surface area contributed by atoms with Crippen molar-refractivity contribution in [2.24, 2.45) is 0 Å². The number of tetrazole rings is 1. The molecule has 1 aromatic carbocycles. The van der Waals surface area contributed by atoms with Crippen LogP contribution in [0.25, 0.3) is 10.9 Å². The molecule has 7 heteroatoms. The van der Waals surface area contributed by atoms with Gasteiger partial charge in [0.1, 0.15) is 0 Å². The van der Waals surface area contributed by atoms with Crippen molar-refractivity contribution in [2.75, 3.05) is 6.54 Å². The summed E-state index contributed by atoms with van der Waals surface area (Å²) < 4.78 is 2.04. The van der Waals surface area contributed by atoms with Crippen LogP contribution in [0.3, 0.4) is 0 Å². The van der Waals surface area contributed by atoms with Crippen LogP contribution in [0.1, 0.15) is 86.5 Å². The van der Waals surface area contributed by atoms with E-state index >= 15 is 0 Å². The zero-order valence-corrected chi connectivity index (χ0v) is 18.8. The Morgan fingerprint density at radius 3 is 2.65 bits per heavy atom. The minimum Gasteiger partial charge on any atom is -0.321 e. The Kier molecular flexibility index (Phi) is 5.38. The summed E-state index contributed by atoms with van der Waals surface area (Å²) in [5.41, 5.74) is 4.02. The Morgan fingerprint density at radius 2 is 1.87 bits per heavy atom. The average Bonchev–Trinajstić information content (AvgIpc) is 3.42. The number of quaternary nitrogens is 1. The van der Waals surface area contributed by atoms with E-state index in [0.29, 0.717) is 12.1 Å². The van der Waals surface area contributed by atoms with Crippen LogP contribution in [0.15, 0.2) is 23.0 Å². The molecule has 1 aliphatic heterocycles. The van der Waals surface area contributed by atoms with E-state index < -0.39 is 0 Å². The number of aromatic nitrogens is 5. The molecular formula is C24H33N6O+. The summed E-state index contributed by atoms with van der Waals surface area (Å²) in [7, 11) is 0. The summed E-state index contributed by atoms with van der Waals surface area (Å²) in [6, 6.07) is 6.99. The van der Waals surface area contributed by atoms with Gasteiger partial charge in [-0.2, -0.15) is 0 Å². The van der Waals surface area contributed by atoms with Gasteiger partial charge in [-0.05, 0) is 86.6 Å². The second-order valence-corrected chi connectivity index (χ2v) is 9.67. The van der Waals surface area contributed by atoms with Gasteiger partial charge in [-0.1, -0.05) is 18.9 Å². The van der Waals surface area contributed by atoms with Gasteiger partial charge < -0.3 is 9.88 Å². The number of hydrogen-bond acceptors (Lipinski definition) is 4. The van der Waals surface area contributed by atoms with Gasteiger partial charge in [0.25, 0.3) is 5.56 Å². The second-order valence-electron chi connectivity index (χ2n) is 9.67. The lowest BCUT2D eigenvalue weighted by Crippen LogP contribution is -3.16. The SMILES string of the molecule is Cc1cc(C)c2cc([C@@H](c3nnnn3C3CCCC3)[NH+]3CCCC[C@H]3C)c(=O)[nH]c2c1. The summed E-state index contributed by atoms with van der Waals surface area (Å²) in [5, 5.41) is 14.1. The number of likely N-dealkylation sites (tertiary alicyclic amines) is 1. The van der Waals surface area contributed by atoms with E-state index in [1.165, 1.54) is 42.6 Å². The van der Waals surface area contributed by atoms with Crippen molar-refractivity contribution in [3.63, 3.8) is 0 Å². The highest BCUT2D eigenvalue weighted by Gasteiger charge is 2.39. The maximum absolute atomic E-state index is 13.4. The maximum Gasteiger partial charge on any atom is 0.258 e. The molecule has 0 radical (unpaired) electrons. The van der Waals surface area contributed by atoms with E-state index in [2.05, 4.69) is 59.5 Å². The van der Waals surface area contributed by atoms with Crippen LogP contribution in [-0.2, 0) is 0 Å². The molecule has 2 fully saturated rings. The largest absolute Gasteiger partial charge is 0.321 e. The number of nitrogens with zero attached hydrogens (tertiary/aromatic N) is 4. The molecule has 31 heavy (non-hydrogen) atoms. The quantitative estimate of drug-likeness (QED) is 0.679. The van der Waals surface area contributed by atoms with E-state index in [0.717, 1.165) is 47.2 Å². The summed E-state index contributed by atoms with van der Waals surface area (Å²) in [5.74, 6) is 0.852. The molecule has 3 heterocycles. The lowest BCUT2D eigenvalue weighted by atomic mass is 9.95. The maximum atomic E-state index is 13.4. The molecule has 2 aliphatic rings. The van der Waals surface area contributed by atoms with Crippen molar-refractivity contribution in [1.82, 2.24) is 25.2 Å². The highest BCUT2D eigenvalue weighted by Crippen LogP contribution is 2.31. The van der Waals surface area contributed by atoms with Crippen molar-refractivity contribution in [1.29, 1.82) is 0 Å². The Bertz CT molecular complexity index is 1140. The lowest BCUT2D eigenvalue weighted by molar-refractivity contribution is -0.953. The first-order valence-electron chi connectivity index (χ1n) is 11.8. The van der Waals surface area contributed by atoms with E-state index in [1.807, 2.05) is 4.68 Å². The zero-order valence-electron chi connectivity index (χ0n) is 18.8. The molecule has 1 saturated carbocycles. The third-order valence-corrected chi connectivity index (χ3v) is 7.46. The number of H-pyrrole nitrogens is 1. The topological polar surface area (TPSA) is 80.9 Å². The molecule has 0 spiro atoms. The monoisotopic (exact) mass is 421 g/mol. The van der Waals surface area contributed by atoms with Gasteiger partial charge in [-0.25, -0.2) is 4.68 Å². The number of benzene rings is 1. The Balaban J connectivity index is 1.69. The highest BCUT2D eigenvalue weighted by molar-refractivity contribution is 5.83. The fourth-order valence-corrected chi connectivity index (χ4v) is 5.85. The number of pyridine rings is 1. The Morgan fingerprint density at radius 1 is 1.10 bits per heavy atom. The first-order chi connectivity index (χ1) is 15.0. The predicted molar refractivity (Wildman–Crippen MR) is 120 cm³/mol. The molecule has 7 nitrogen and oxygen atoms in total. The number of aryl methyl sites for hydroxylation is 2. The summed E-state index contributed by atoms with van der Waals surface area (Å²) in [6.07, 6.45) is 8.25. The normalized spacial score (nSPS) is 23.5. The molecule has 1 unspecified atom stereocenters. The minimum absolute atomic E-state index is 0.0197. The van der Waals surface area contributed by atoms with Crippen LogP contribution in [-0.4, -0.2) is 37.8 Å². The Hall–Kier alpha value is -2.54. The van der Waals surface area contributed by atoms with Gasteiger partial charge in [-0.3, -0.25) is 4.79 Å². The van der Waals surface area contributed by atoms with Crippen LogP contribution < -0.4 is 10.5 Å². The van der Waals surface area contributed by atoms with Crippen molar-refractivity contribution >= 4 is 10.9 Å². The molecule has 3 aromatic rings. The predicted octanol–water partition coefficient (Wildman–Crippen LogP) is 2.79. The van der Waals surface area contributed by atoms with Crippen LogP contribution in [0.4, 0.5) is 0 Å². The van der Waals surface area contributed by atoms with Gasteiger partial charge in [0.2, 0.25) is 5.82 Å². The molecule has 3 atom stereocenters. The molecule has 5 rings (SSSR count). The van der Waals surface area contributed by atoms with Gasteiger partial charge >= 0.3 is 0 Å². The fourth-order valence-electron chi connectivity index (χ4n) is 5.85. The summed E-state index contributed by atoms with van der Waals surface area (Å²) in [6.45, 7) is 7.52. The van der Waals surface area contributed by atoms with Crippen molar-refractivity contribution < 1.29 is 4.90 Å². The molecule has 1 aliphatic carbocycles. The van der Waals surface area contributed by atoms with Crippen LogP contribution >= 0.6 is 0 Å². The average molecular weight is 422 g/mol. The van der Waals surface area contributed by atoms with E-state index in [-0.39, 0.29) is 11.6 Å².